The van der Waals surface area contributed by atoms with Crippen molar-refractivity contribution in [3.05, 3.63) is 41.4 Å². The Morgan fingerprint density at radius 2 is 2.00 bits per heavy atom. The van der Waals surface area contributed by atoms with E-state index < -0.39 is 16.0 Å². The van der Waals surface area contributed by atoms with Crippen LogP contribution in [0.1, 0.15) is 25.7 Å². The predicted molar refractivity (Wildman–Crippen MR) is 88.9 cm³/mol. The van der Waals surface area contributed by atoms with Crippen LogP contribution in [0.2, 0.25) is 5.02 Å². The SMILES string of the molecule is O=C(O)CCC=CCC1CCN(S(=O)(=O)c2ccc(Cl)cc2)C1. The van der Waals surface area contributed by atoms with Crippen molar-refractivity contribution in [3.8, 4) is 0 Å². The number of rotatable bonds is 7. The molecule has 0 bridgehead atoms. The molecule has 0 radical (unpaired) electrons. The van der Waals surface area contributed by atoms with Crippen molar-refractivity contribution in [2.24, 2.45) is 5.92 Å². The van der Waals surface area contributed by atoms with Crippen molar-refractivity contribution in [3.63, 3.8) is 0 Å². The summed E-state index contributed by atoms with van der Waals surface area (Å²) < 4.78 is 26.6. The Morgan fingerprint density at radius 1 is 1.30 bits per heavy atom. The number of allylic oxidation sites excluding steroid dienone is 2. The zero-order valence-corrected chi connectivity index (χ0v) is 14.3. The number of aliphatic carboxylic acids is 1. The number of hydrogen-bond donors (Lipinski definition) is 1. The molecule has 23 heavy (non-hydrogen) atoms. The van der Waals surface area contributed by atoms with Crippen LogP contribution in [0.4, 0.5) is 0 Å². The lowest BCUT2D eigenvalue weighted by atomic mass is 10.0. The van der Waals surface area contributed by atoms with Gasteiger partial charge in [0, 0.05) is 24.5 Å². The second-order valence-corrected chi connectivity index (χ2v) is 7.99. The van der Waals surface area contributed by atoms with Gasteiger partial charge in [-0.3, -0.25) is 4.79 Å². The third-order valence-electron chi connectivity index (χ3n) is 3.86. The first kappa shape index (κ1) is 18.0. The highest BCUT2D eigenvalue weighted by atomic mass is 35.5. The lowest BCUT2D eigenvalue weighted by molar-refractivity contribution is -0.136. The summed E-state index contributed by atoms with van der Waals surface area (Å²) in [4.78, 5) is 10.7. The van der Waals surface area contributed by atoms with Gasteiger partial charge in [-0.15, -0.1) is 0 Å². The molecule has 2 rings (SSSR count). The van der Waals surface area contributed by atoms with Crippen LogP contribution in [-0.4, -0.2) is 36.9 Å². The molecule has 1 heterocycles. The summed E-state index contributed by atoms with van der Waals surface area (Å²) in [5.74, 6) is -0.533. The lowest BCUT2D eigenvalue weighted by Gasteiger charge is -2.16. The van der Waals surface area contributed by atoms with Gasteiger partial charge in [-0.1, -0.05) is 23.8 Å². The van der Waals surface area contributed by atoms with E-state index in [0.29, 0.717) is 24.5 Å². The Kier molecular flexibility index (Phi) is 6.21. The minimum atomic E-state index is -3.46. The van der Waals surface area contributed by atoms with E-state index in [2.05, 4.69) is 0 Å². The van der Waals surface area contributed by atoms with Crippen LogP contribution >= 0.6 is 11.6 Å². The monoisotopic (exact) mass is 357 g/mol. The van der Waals surface area contributed by atoms with E-state index in [0.717, 1.165) is 12.8 Å². The highest BCUT2D eigenvalue weighted by Crippen LogP contribution is 2.27. The summed E-state index contributed by atoms with van der Waals surface area (Å²) in [6.45, 7) is 1.01. The summed E-state index contributed by atoms with van der Waals surface area (Å²) in [7, 11) is -3.46. The van der Waals surface area contributed by atoms with Gasteiger partial charge in [0.05, 0.1) is 4.90 Å². The van der Waals surface area contributed by atoms with Gasteiger partial charge in [0.2, 0.25) is 10.0 Å². The van der Waals surface area contributed by atoms with Gasteiger partial charge in [-0.25, -0.2) is 8.42 Å². The maximum absolute atomic E-state index is 12.5. The van der Waals surface area contributed by atoms with Crippen LogP contribution in [0.25, 0.3) is 0 Å². The second-order valence-electron chi connectivity index (χ2n) is 5.61. The Labute approximate surface area is 141 Å². The topological polar surface area (TPSA) is 74.7 Å². The van der Waals surface area contributed by atoms with Gasteiger partial charge in [0.25, 0.3) is 0 Å². The molecule has 1 unspecified atom stereocenters. The van der Waals surface area contributed by atoms with Crippen molar-refractivity contribution in [2.45, 2.75) is 30.6 Å². The first-order valence-electron chi connectivity index (χ1n) is 7.52. The molecule has 0 amide bonds. The number of carboxylic acids is 1. The van der Waals surface area contributed by atoms with Crippen molar-refractivity contribution in [1.82, 2.24) is 4.31 Å². The number of hydrogen-bond acceptors (Lipinski definition) is 3. The summed E-state index contributed by atoms with van der Waals surface area (Å²) in [6, 6.07) is 6.20. The van der Waals surface area contributed by atoms with Crippen molar-refractivity contribution < 1.29 is 18.3 Å². The van der Waals surface area contributed by atoms with Crippen LogP contribution in [0.5, 0.6) is 0 Å². The fourth-order valence-electron chi connectivity index (χ4n) is 2.58. The van der Waals surface area contributed by atoms with Gasteiger partial charge in [0.15, 0.2) is 0 Å². The van der Waals surface area contributed by atoms with E-state index >= 15 is 0 Å². The van der Waals surface area contributed by atoms with Crippen LogP contribution in [0, 0.1) is 5.92 Å². The molecule has 1 N–H and O–H groups in total. The Balaban J connectivity index is 1.89. The summed E-state index contributed by atoms with van der Waals surface area (Å²) in [6.07, 6.45) is 6.02. The van der Waals surface area contributed by atoms with Gasteiger partial charge in [-0.2, -0.15) is 4.31 Å². The number of benzene rings is 1. The van der Waals surface area contributed by atoms with Gasteiger partial charge in [-0.05, 0) is 49.4 Å². The zero-order valence-electron chi connectivity index (χ0n) is 12.7. The molecule has 0 spiro atoms. The molecule has 1 atom stereocenters. The number of carbonyl (C=O) groups is 1. The smallest absolute Gasteiger partial charge is 0.303 e. The van der Waals surface area contributed by atoms with Crippen LogP contribution in [-0.2, 0) is 14.8 Å². The molecule has 7 heteroatoms. The summed E-state index contributed by atoms with van der Waals surface area (Å²) >= 11 is 5.79. The molecule has 0 saturated carbocycles. The number of nitrogens with zero attached hydrogens (tertiary/aromatic N) is 1. The predicted octanol–water partition coefficient (Wildman–Crippen LogP) is 3.16. The number of carboxylic acid groups (broad SMARTS) is 1. The maximum atomic E-state index is 12.5. The molecule has 0 aromatic heterocycles. The third kappa shape index (κ3) is 5.06. The molecular formula is C16H20ClNO4S. The molecule has 1 aliphatic rings. The molecule has 1 aliphatic heterocycles. The number of sulfonamides is 1. The minimum absolute atomic E-state index is 0.123. The van der Waals surface area contributed by atoms with E-state index in [1.54, 1.807) is 12.1 Å². The minimum Gasteiger partial charge on any atom is -0.481 e. The molecule has 1 aromatic carbocycles. The first-order chi connectivity index (χ1) is 10.9. The van der Waals surface area contributed by atoms with E-state index in [-0.39, 0.29) is 17.2 Å². The second kappa shape index (κ2) is 7.95. The van der Waals surface area contributed by atoms with E-state index in [1.165, 1.54) is 16.4 Å². The molecular weight excluding hydrogens is 338 g/mol. The quantitative estimate of drug-likeness (QED) is 0.760. The van der Waals surface area contributed by atoms with Gasteiger partial charge in [0.1, 0.15) is 0 Å². The fourth-order valence-corrected chi connectivity index (χ4v) is 4.23. The van der Waals surface area contributed by atoms with Gasteiger partial charge < -0.3 is 5.11 Å². The number of halogens is 1. The largest absolute Gasteiger partial charge is 0.481 e. The normalized spacial score (nSPS) is 19.4. The van der Waals surface area contributed by atoms with E-state index in [4.69, 9.17) is 16.7 Å². The first-order valence-corrected chi connectivity index (χ1v) is 9.34. The standard InChI is InChI=1S/C16H20ClNO4S/c17-14-6-8-15(9-7-14)23(21,22)18-11-10-13(12-18)4-2-1-3-5-16(19)20/h1-2,6-9,13H,3-5,10-12H2,(H,19,20). The van der Waals surface area contributed by atoms with Gasteiger partial charge >= 0.3 is 5.97 Å². The lowest BCUT2D eigenvalue weighted by Crippen LogP contribution is -2.28. The molecule has 5 nitrogen and oxygen atoms in total. The highest BCUT2D eigenvalue weighted by molar-refractivity contribution is 7.89. The van der Waals surface area contributed by atoms with E-state index in [1.807, 2.05) is 12.2 Å². The molecule has 1 saturated heterocycles. The average Bonchev–Trinajstić information content (AvgIpc) is 2.96. The third-order valence-corrected chi connectivity index (χ3v) is 5.99. The Bertz CT molecular complexity index is 670. The average molecular weight is 358 g/mol. The molecule has 1 fully saturated rings. The molecule has 0 aliphatic carbocycles. The maximum Gasteiger partial charge on any atom is 0.303 e. The summed E-state index contributed by atoms with van der Waals surface area (Å²) in [5, 5.41) is 9.07. The fraction of sp³-hybridized carbons (Fsp3) is 0.438. The Morgan fingerprint density at radius 3 is 2.65 bits per heavy atom. The van der Waals surface area contributed by atoms with Crippen molar-refractivity contribution in [1.29, 1.82) is 0 Å². The van der Waals surface area contributed by atoms with Crippen LogP contribution < -0.4 is 0 Å². The molecule has 126 valence electrons. The van der Waals surface area contributed by atoms with E-state index in [9.17, 15) is 13.2 Å². The Hall–Kier alpha value is -1.37. The highest BCUT2D eigenvalue weighted by Gasteiger charge is 2.31. The zero-order chi connectivity index (χ0) is 16.9. The molecule has 1 aromatic rings. The van der Waals surface area contributed by atoms with Crippen molar-refractivity contribution >= 4 is 27.6 Å². The van der Waals surface area contributed by atoms with Crippen molar-refractivity contribution in [2.75, 3.05) is 13.1 Å². The van der Waals surface area contributed by atoms with Crippen LogP contribution in [0.3, 0.4) is 0 Å². The van der Waals surface area contributed by atoms with Crippen LogP contribution in [0.15, 0.2) is 41.3 Å². The summed E-state index contributed by atoms with van der Waals surface area (Å²) in [5.41, 5.74) is 0.